The molecule has 5 heteroatoms. The molecule has 0 amide bonds. The SMILES string of the molecule is C[C@H](C(=O)O)N1CCO[C@@H](c2ccccc2Br)C1. The average Bonchev–Trinajstić information content (AvgIpc) is 2.38. The van der Waals surface area contributed by atoms with Crippen LogP contribution < -0.4 is 0 Å². The van der Waals surface area contributed by atoms with Gasteiger partial charge in [0, 0.05) is 17.6 Å². The third kappa shape index (κ3) is 2.91. The van der Waals surface area contributed by atoms with Gasteiger partial charge in [-0.2, -0.15) is 0 Å². The number of rotatable bonds is 3. The Morgan fingerprint density at radius 1 is 1.56 bits per heavy atom. The number of carboxylic acids is 1. The van der Waals surface area contributed by atoms with Crippen molar-refractivity contribution in [1.82, 2.24) is 4.90 Å². The molecule has 0 unspecified atom stereocenters. The highest BCUT2D eigenvalue weighted by Crippen LogP contribution is 2.29. The average molecular weight is 314 g/mol. The second kappa shape index (κ2) is 5.82. The van der Waals surface area contributed by atoms with Crippen molar-refractivity contribution >= 4 is 21.9 Å². The molecule has 2 atom stereocenters. The fraction of sp³-hybridized carbons (Fsp3) is 0.462. The van der Waals surface area contributed by atoms with Crippen LogP contribution in [0.1, 0.15) is 18.6 Å². The van der Waals surface area contributed by atoms with Gasteiger partial charge in [0.15, 0.2) is 0 Å². The number of nitrogens with zero attached hydrogens (tertiary/aromatic N) is 1. The predicted octanol–water partition coefficient (Wildman–Crippen LogP) is 2.30. The van der Waals surface area contributed by atoms with Crippen LogP contribution in [0.5, 0.6) is 0 Å². The second-order valence-electron chi connectivity index (χ2n) is 4.39. The molecule has 0 radical (unpaired) electrons. The van der Waals surface area contributed by atoms with E-state index in [1.54, 1.807) is 6.92 Å². The van der Waals surface area contributed by atoms with Crippen molar-refractivity contribution in [1.29, 1.82) is 0 Å². The number of morpholine rings is 1. The first-order valence-electron chi connectivity index (χ1n) is 5.92. The van der Waals surface area contributed by atoms with Gasteiger partial charge in [0.1, 0.15) is 6.04 Å². The van der Waals surface area contributed by atoms with E-state index in [0.717, 1.165) is 10.0 Å². The lowest BCUT2D eigenvalue weighted by Gasteiger charge is -2.35. The van der Waals surface area contributed by atoms with Crippen LogP contribution in [0.2, 0.25) is 0 Å². The Hall–Kier alpha value is -0.910. The summed E-state index contributed by atoms with van der Waals surface area (Å²) in [6, 6.07) is 7.41. The molecule has 1 fully saturated rings. The number of benzene rings is 1. The van der Waals surface area contributed by atoms with Gasteiger partial charge in [-0.25, -0.2) is 0 Å². The topological polar surface area (TPSA) is 49.8 Å². The van der Waals surface area contributed by atoms with Crippen LogP contribution in [-0.4, -0.2) is 41.7 Å². The highest BCUT2D eigenvalue weighted by atomic mass is 79.9. The minimum atomic E-state index is -0.789. The van der Waals surface area contributed by atoms with Crippen LogP contribution in [0.3, 0.4) is 0 Å². The summed E-state index contributed by atoms with van der Waals surface area (Å²) >= 11 is 3.50. The van der Waals surface area contributed by atoms with E-state index in [0.29, 0.717) is 19.7 Å². The van der Waals surface area contributed by atoms with Crippen molar-refractivity contribution in [2.45, 2.75) is 19.1 Å². The number of hydrogen-bond acceptors (Lipinski definition) is 3. The van der Waals surface area contributed by atoms with Crippen LogP contribution in [0.25, 0.3) is 0 Å². The Morgan fingerprint density at radius 3 is 2.94 bits per heavy atom. The molecule has 1 aromatic rings. The Kier molecular flexibility index (Phi) is 4.37. The van der Waals surface area contributed by atoms with Crippen LogP contribution in [0.15, 0.2) is 28.7 Å². The Morgan fingerprint density at radius 2 is 2.28 bits per heavy atom. The lowest BCUT2D eigenvalue weighted by Crippen LogP contribution is -2.46. The fourth-order valence-corrected chi connectivity index (χ4v) is 2.64. The summed E-state index contributed by atoms with van der Waals surface area (Å²) in [7, 11) is 0. The minimum absolute atomic E-state index is 0.0730. The molecule has 0 spiro atoms. The quantitative estimate of drug-likeness (QED) is 0.930. The number of carboxylic acid groups (broad SMARTS) is 1. The van der Waals surface area contributed by atoms with Gasteiger partial charge in [0.25, 0.3) is 0 Å². The molecular formula is C13H16BrNO3. The Balaban J connectivity index is 2.12. The summed E-state index contributed by atoms with van der Waals surface area (Å²) in [5.74, 6) is -0.789. The third-order valence-electron chi connectivity index (χ3n) is 3.26. The predicted molar refractivity (Wildman–Crippen MR) is 71.5 cm³/mol. The Bertz CT molecular complexity index is 438. The maximum Gasteiger partial charge on any atom is 0.320 e. The van der Waals surface area contributed by atoms with E-state index in [9.17, 15) is 4.79 Å². The van der Waals surface area contributed by atoms with E-state index in [2.05, 4.69) is 15.9 Å². The van der Waals surface area contributed by atoms with Crippen LogP contribution in [-0.2, 0) is 9.53 Å². The molecule has 1 heterocycles. The second-order valence-corrected chi connectivity index (χ2v) is 5.24. The summed E-state index contributed by atoms with van der Waals surface area (Å²) in [6.07, 6.45) is -0.0730. The molecule has 18 heavy (non-hydrogen) atoms. The largest absolute Gasteiger partial charge is 0.480 e. The third-order valence-corrected chi connectivity index (χ3v) is 3.98. The van der Waals surface area contributed by atoms with Crippen molar-refractivity contribution < 1.29 is 14.6 Å². The number of aliphatic carboxylic acids is 1. The minimum Gasteiger partial charge on any atom is -0.480 e. The van der Waals surface area contributed by atoms with Crippen LogP contribution in [0, 0.1) is 0 Å². The first-order valence-corrected chi connectivity index (χ1v) is 6.72. The number of carbonyl (C=O) groups is 1. The molecule has 2 rings (SSSR count). The highest BCUT2D eigenvalue weighted by molar-refractivity contribution is 9.10. The van der Waals surface area contributed by atoms with Crippen molar-refractivity contribution in [3.8, 4) is 0 Å². The fourth-order valence-electron chi connectivity index (χ4n) is 2.10. The summed E-state index contributed by atoms with van der Waals surface area (Å²) in [4.78, 5) is 13.0. The summed E-state index contributed by atoms with van der Waals surface area (Å²) < 4.78 is 6.74. The smallest absolute Gasteiger partial charge is 0.320 e. The van der Waals surface area contributed by atoms with Gasteiger partial charge < -0.3 is 9.84 Å². The van der Waals surface area contributed by atoms with Crippen molar-refractivity contribution in [2.24, 2.45) is 0 Å². The van der Waals surface area contributed by atoms with E-state index in [4.69, 9.17) is 9.84 Å². The number of hydrogen-bond donors (Lipinski definition) is 1. The normalized spacial score (nSPS) is 22.7. The molecule has 1 aromatic carbocycles. The Labute approximate surface area is 115 Å². The molecule has 0 bridgehead atoms. The first-order chi connectivity index (χ1) is 8.59. The van der Waals surface area contributed by atoms with E-state index in [1.807, 2.05) is 29.2 Å². The molecule has 4 nitrogen and oxygen atoms in total. The molecule has 0 saturated carbocycles. The molecule has 0 aromatic heterocycles. The molecule has 1 aliphatic rings. The summed E-state index contributed by atoms with van der Waals surface area (Å²) in [6.45, 7) is 3.54. The standard InChI is InChI=1S/C13H16BrNO3/c1-9(13(16)17)15-6-7-18-12(8-15)10-4-2-3-5-11(10)14/h2-5,9,12H,6-8H2,1H3,(H,16,17)/t9-,12-/m1/s1. The van der Waals surface area contributed by atoms with Gasteiger partial charge >= 0.3 is 5.97 Å². The number of ether oxygens (including phenoxy) is 1. The monoisotopic (exact) mass is 313 g/mol. The zero-order valence-corrected chi connectivity index (χ0v) is 11.8. The van der Waals surface area contributed by atoms with Crippen LogP contribution >= 0.6 is 15.9 Å². The summed E-state index contributed by atoms with van der Waals surface area (Å²) in [5.41, 5.74) is 1.07. The van der Waals surface area contributed by atoms with E-state index in [1.165, 1.54) is 0 Å². The number of halogens is 1. The van der Waals surface area contributed by atoms with E-state index in [-0.39, 0.29) is 6.10 Å². The lowest BCUT2D eigenvalue weighted by molar-refractivity contribution is -0.145. The molecule has 1 aliphatic heterocycles. The molecule has 0 aliphatic carbocycles. The molecule has 1 saturated heterocycles. The summed E-state index contributed by atoms with van der Waals surface area (Å²) in [5, 5.41) is 9.05. The maximum atomic E-state index is 11.0. The van der Waals surface area contributed by atoms with Crippen molar-refractivity contribution in [3.05, 3.63) is 34.3 Å². The van der Waals surface area contributed by atoms with Gasteiger partial charge in [-0.05, 0) is 18.6 Å². The highest BCUT2D eigenvalue weighted by Gasteiger charge is 2.29. The van der Waals surface area contributed by atoms with Crippen molar-refractivity contribution in [3.63, 3.8) is 0 Å². The zero-order chi connectivity index (χ0) is 13.1. The van der Waals surface area contributed by atoms with Gasteiger partial charge in [0.05, 0.1) is 12.7 Å². The van der Waals surface area contributed by atoms with Gasteiger partial charge in [-0.15, -0.1) is 0 Å². The van der Waals surface area contributed by atoms with Gasteiger partial charge in [-0.1, -0.05) is 34.1 Å². The lowest BCUT2D eigenvalue weighted by atomic mass is 10.1. The molecule has 98 valence electrons. The zero-order valence-electron chi connectivity index (χ0n) is 10.2. The van der Waals surface area contributed by atoms with Crippen molar-refractivity contribution in [2.75, 3.05) is 19.7 Å². The van der Waals surface area contributed by atoms with Gasteiger partial charge in [-0.3, -0.25) is 9.69 Å². The molecular weight excluding hydrogens is 298 g/mol. The molecule has 1 N–H and O–H groups in total. The van der Waals surface area contributed by atoms with E-state index < -0.39 is 12.0 Å². The van der Waals surface area contributed by atoms with Crippen LogP contribution in [0.4, 0.5) is 0 Å². The first kappa shape index (κ1) is 13.5. The maximum absolute atomic E-state index is 11.0. The van der Waals surface area contributed by atoms with Gasteiger partial charge in [0.2, 0.25) is 0 Å². The van der Waals surface area contributed by atoms with E-state index >= 15 is 0 Å².